The van der Waals surface area contributed by atoms with Crippen molar-refractivity contribution < 1.29 is 4.74 Å². The number of H-pyrrole nitrogens is 1. The van der Waals surface area contributed by atoms with Crippen molar-refractivity contribution in [3.05, 3.63) is 87.8 Å². The lowest BCUT2D eigenvalue weighted by molar-refractivity contribution is 0.306. The molecule has 0 radical (unpaired) electrons. The zero-order valence-electron chi connectivity index (χ0n) is 18.3. The molecule has 0 saturated heterocycles. The summed E-state index contributed by atoms with van der Waals surface area (Å²) in [5.41, 5.74) is 5.46. The molecular formula is C26H20ClN5OS. The van der Waals surface area contributed by atoms with Crippen LogP contribution in [0.15, 0.2) is 60.1 Å². The molecule has 5 aromatic rings. The minimum Gasteiger partial charge on any atom is -0.489 e. The van der Waals surface area contributed by atoms with E-state index in [4.69, 9.17) is 22.8 Å². The van der Waals surface area contributed by atoms with Gasteiger partial charge in [-0.3, -0.25) is 0 Å². The Bertz CT molecular complexity index is 1470. The van der Waals surface area contributed by atoms with Crippen molar-refractivity contribution in [2.75, 3.05) is 0 Å². The Morgan fingerprint density at radius 1 is 1.15 bits per heavy atom. The lowest BCUT2D eigenvalue weighted by Crippen LogP contribution is -2.02. The first-order valence-electron chi connectivity index (χ1n) is 10.6. The first-order chi connectivity index (χ1) is 16.6. The highest BCUT2D eigenvalue weighted by atomic mass is 35.5. The van der Waals surface area contributed by atoms with E-state index in [9.17, 15) is 0 Å². The summed E-state index contributed by atoms with van der Waals surface area (Å²) in [6.07, 6.45) is 8.09. The fraction of sp³-hybridized carbons (Fsp3) is 0.154. The first-order valence-corrected chi connectivity index (χ1v) is 11.9. The zero-order chi connectivity index (χ0) is 23.5. The number of terminal acetylenes is 1. The van der Waals surface area contributed by atoms with Crippen molar-refractivity contribution in [1.29, 1.82) is 0 Å². The summed E-state index contributed by atoms with van der Waals surface area (Å²) >= 11 is 7.88. The average Bonchev–Trinajstić information content (AvgIpc) is 3.53. The molecule has 0 aliphatic rings. The number of halogens is 1. The lowest BCUT2D eigenvalue weighted by atomic mass is 9.96. The molecule has 0 amide bonds. The topological polar surface area (TPSA) is 76.6 Å². The Morgan fingerprint density at radius 3 is 2.76 bits per heavy atom. The van der Waals surface area contributed by atoms with Crippen LogP contribution in [0, 0.1) is 19.3 Å². The summed E-state index contributed by atoms with van der Waals surface area (Å²) in [6.45, 7) is 2.51. The predicted molar refractivity (Wildman–Crippen MR) is 135 cm³/mol. The second kappa shape index (κ2) is 9.64. The van der Waals surface area contributed by atoms with E-state index >= 15 is 0 Å². The van der Waals surface area contributed by atoms with E-state index in [1.165, 1.54) is 10.1 Å². The van der Waals surface area contributed by atoms with Crippen LogP contribution in [0.5, 0.6) is 5.75 Å². The summed E-state index contributed by atoms with van der Waals surface area (Å²) < 4.78 is 7.28. The van der Waals surface area contributed by atoms with E-state index in [1.807, 2.05) is 43.5 Å². The summed E-state index contributed by atoms with van der Waals surface area (Å²) in [4.78, 5) is 4.18. The van der Waals surface area contributed by atoms with E-state index in [0.29, 0.717) is 24.0 Å². The van der Waals surface area contributed by atoms with E-state index in [2.05, 4.69) is 55.1 Å². The number of benzene rings is 2. The third-order valence-corrected chi connectivity index (χ3v) is 6.84. The van der Waals surface area contributed by atoms with Crippen molar-refractivity contribution in [2.24, 2.45) is 0 Å². The molecule has 0 bridgehead atoms. The van der Waals surface area contributed by atoms with Gasteiger partial charge in [0.25, 0.3) is 0 Å². The molecule has 5 rings (SSSR count). The highest BCUT2D eigenvalue weighted by Crippen LogP contribution is 2.37. The Morgan fingerprint density at radius 2 is 2.00 bits per heavy atom. The van der Waals surface area contributed by atoms with Gasteiger partial charge in [-0.15, -0.1) is 22.9 Å². The molecule has 0 unspecified atom stereocenters. The van der Waals surface area contributed by atoms with Gasteiger partial charge in [-0.05, 0) is 75.3 Å². The van der Waals surface area contributed by atoms with Crippen LogP contribution in [-0.4, -0.2) is 25.6 Å². The number of thiophene rings is 1. The van der Waals surface area contributed by atoms with Gasteiger partial charge in [0, 0.05) is 28.3 Å². The number of hydrogen-bond donors (Lipinski definition) is 1. The maximum atomic E-state index is 6.16. The maximum Gasteiger partial charge on any atom is 0.150 e. The van der Waals surface area contributed by atoms with Crippen LogP contribution in [0.2, 0.25) is 5.15 Å². The fourth-order valence-corrected chi connectivity index (χ4v) is 4.96. The van der Waals surface area contributed by atoms with Crippen LogP contribution in [0.1, 0.15) is 28.4 Å². The Balaban J connectivity index is 1.31. The van der Waals surface area contributed by atoms with Crippen molar-refractivity contribution in [3.8, 4) is 29.2 Å². The minimum atomic E-state index is -0.117. The average molecular weight is 486 g/mol. The largest absolute Gasteiger partial charge is 0.489 e. The third kappa shape index (κ3) is 4.65. The van der Waals surface area contributed by atoms with Crippen LogP contribution in [-0.2, 0) is 13.0 Å². The van der Waals surface area contributed by atoms with Crippen molar-refractivity contribution in [3.63, 3.8) is 0 Å². The van der Waals surface area contributed by atoms with Crippen LogP contribution < -0.4 is 4.74 Å². The third-order valence-electron chi connectivity index (χ3n) is 5.67. The molecule has 1 atom stereocenters. The smallest absolute Gasteiger partial charge is 0.150 e. The fourth-order valence-electron chi connectivity index (χ4n) is 3.86. The van der Waals surface area contributed by atoms with E-state index in [-0.39, 0.29) is 5.92 Å². The molecule has 168 valence electrons. The molecule has 3 heterocycles. The summed E-state index contributed by atoms with van der Waals surface area (Å²) in [6, 6.07) is 16.2. The highest BCUT2D eigenvalue weighted by molar-refractivity contribution is 7.17. The van der Waals surface area contributed by atoms with Crippen LogP contribution in [0.25, 0.3) is 21.2 Å². The molecule has 2 aromatic carbocycles. The van der Waals surface area contributed by atoms with Gasteiger partial charge in [0.05, 0.1) is 5.92 Å². The number of nitrogens with one attached hydrogen (secondary N) is 1. The molecule has 0 aliphatic heterocycles. The lowest BCUT2D eigenvalue weighted by Gasteiger charge is -2.11. The SMILES string of the molecule is C#C[C@@H](Cc1nnn[nH]1)c1ccc(OCc2ccc3scc(-c4cc(Cl)ncc4C)c3c2)cc1. The molecule has 8 heteroatoms. The molecule has 0 fully saturated rings. The van der Waals surface area contributed by atoms with Gasteiger partial charge in [-0.2, -0.15) is 0 Å². The number of fused-ring (bicyclic) bond motifs is 1. The molecule has 0 spiro atoms. The number of aryl methyl sites for hydroxylation is 1. The molecule has 1 N–H and O–H groups in total. The number of tetrazole rings is 1. The number of aromatic nitrogens is 5. The monoisotopic (exact) mass is 485 g/mol. The molecule has 0 aliphatic carbocycles. The standard InChI is InChI=1S/C26H20ClN5OS/c1-3-18(11-26-29-31-32-30-26)19-5-7-20(8-6-19)33-14-17-4-9-24-22(10-17)23(15-34-24)21-12-25(27)28-13-16(21)2/h1,4-10,12-13,15,18H,11,14H2,2H3,(H,29,30,31,32)/t18-/m0/s1. The summed E-state index contributed by atoms with van der Waals surface area (Å²) in [7, 11) is 0. The number of aromatic amines is 1. The van der Waals surface area contributed by atoms with E-state index < -0.39 is 0 Å². The number of hydrogen-bond acceptors (Lipinski definition) is 6. The van der Waals surface area contributed by atoms with Gasteiger partial charge >= 0.3 is 0 Å². The van der Waals surface area contributed by atoms with Gasteiger partial charge < -0.3 is 4.74 Å². The summed E-state index contributed by atoms with van der Waals surface area (Å²) in [5.74, 6) is 4.13. The van der Waals surface area contributed by atoms with Crippen LogP contribution in [0.4, 0.5) is 0 Å². The summed E-state index contributed by atoms with van der Waals surface area (Å²) in [5, 5.41) is 17.7. The maximum absolute atomic E-state index is 6.16. The second-order valence-corrected chi connectivity index (χ2v) is 9.23. The predicted octanol–water partition coefficient (Wildman–Crippen LogP) is 5.98. The van der Waals surface area contributed by atoms with E-state index in [1.54, 1.807) is 11.3 Å². The molecule has 6 nitrogen and oxygen atoms in total. The molecule has 3 aromatic heterocycles. The second-order valence-electron chi connectivity index (χ2n) is 7.93. The first kappa shape index (κ1) is 22.1. The number of nitrogens with zero attached hydrogens (tertiary/aromatic N) is 4. The van der Waals surface area contributed by atoms with Crippen molar-refractivity contribution in [2.45, 2.75) is 25.9 Å². The van der Waals surface area contributed by atoms with Gasteiger partial charge in [0.2, 0.25) is 0 Å². The quantitative estimate of drug-likeness (QED) is 0.227. The van der Waals surface area contributed by atoms with Gasteiger partial charge in [0.15, 0.2) is 0 Å². The van der Waals surface area contributed by atoms with Crippen LogP contribution >= 0.6 is 22.9 Å². The number of ether oxygens (including phenoxy) is 1. The van der Waals surface area contributed by atoms with Gasteiger partial charge in [-0.25, -0.2) is 10.1 Å². The van der Waals surface area contributed by atoms with E-state index in [0.717, 1.165) is 33.6 Å². The Labute approximate surface area is 206 Å². The Hall–Kier alpha value is -3.73. The minimum absolute atomic E-state index is 0.117. The molecular weight excluding hydrogens is 466 g/mol. The van der Waals surface area contributed by atoms with Crippen molar-refractivity contribution >= 4 is 33.0 Å². The molecule has 34 heavy (non-hydrogen) atoms. The van der Waals surface area contributed by atoms with Crippen LogP contribution in [0.3, 0.4) is 0 Å². The van der Waals surface area contributed by atoms with Gasteiger partial charge in [0.1, 0.15) is 23.3 Å². The zero-order valence-corrected chi connectivity index (χ0v) is 19.9. The normalized spacial score (nSPS) is 11.9. The number of rotatable bonds is 7. The number of pyridine rings is 1. The van der Waals surface area contributed by atoms with Gasteiger partial charge in [-0.1, -0.05) is 35.7 Å². The highest BCUT2D eigenvalue weighted by Gasteiger charge is 2.13. The van der Waals surface area contributed by atoms with Crippen molar-refractivity contribution in [1.82, 2.24) is 25.6 Å². The Kier molecular flexibility index (Phi) is 6.26. The molecule has 0 saturated carbocycles.